The molecule has 4 aliphatic carbocycles. The zero-order chi connectivity index (χ0) is 47.9. The van der Waals surface area contributed by atoms with Crippen LogP contribution in [0.15, 0.2) is 235 Å². The summed E-state index contributed by atoms with van der Waals surface area (Å²) in [6.07, 6.45) is 26.0. The molecule has 1 spiro atoms. The Kier molecular flexibility index (Phi) is 9.83. The maximum Gasteiger partial charge on any atom is 0.135 e. The number of furan rings is 1. The normalized spacial score (nSPS) is 17.6. The summed E-state index contributed by atoms with van der Waals surface area (Å²) >= 11 is 0. The molecule has 8 aromatic carbocycles. The van der Waals surface area contributed by atoms with E-state index in [4.69, 9.17) is 4.42 Å². The fraction of sp³-hybridized carbons (Fsp3) is 0.101. The third-order valence-electron chi connectivity index (χ3n) is 15.8. The molecule has 0 bridgehead atoms. The summed E-state index contributed by atoms with van der Waals surface area (Å²) in [5.41, 5.74) is 23.6. The highest BCUT2D eigenvalue weighted by Gasteiger charge is 2.50. The minimum atomic E-state index is -0.496. The predicted octanol–water partition coefficient (Wildman–Crippen LogP) is 18.4. The summed E-state index contributed by atoms with van der Waals surface area (Å²) in [6, 6.07) is 65.5. The van der Waals surface area contributed by atoms with Crippen LogP contribution in [0.1, 0.15) is 65.8 Å². The van der Waals surface area contributed by atoms with Gasteiger partial charge in [0.05, 0.1) is 16.6 Å². The molecule has 0 N–H and O–H groups in total. The first-order valence-corrected chi connectivity index (χ1v) is 25.6. The van der Waals surface area contributed by atoms with Gasteiger partial charge in [-0.25, -0.2) is 0 Å². The Morgan fingerprint density at radius 3 is 2.25 bits per heavy atom. The van der Waals surface area contributed by atoms with E-state index in [0.29, 0.717) is 5.92 Å². The first-order chi connectivity index (χ1) is 35.6. The van der Waals surface area contributed by atoms with Crippen LogP contribution < -0.4 is 4.90 Å². The van der Waals surface area contributed by atoms with Crippen LogP contribution in [0.3, 0.4) is 0 Å². The van der Waals surface area contributed by atoms with Crippen LogP contribution >= 0.6 is 0 Å². The van der Waals surface area contributed by atoms with Crippen LogP contribution in [0.4, 0.5) is 17.1 Å². The molecule has 3 heteroatoms. The number of anilines is 3. The molecule has 2 unspecified atom stereocenters. The number of hydrogen-bond donors (Lipinski definition) is 0. The molecule has 2 atom stereocenters. The standard InChI is InChI=1S/C69H52N2O/c1-3-4-5-17-50-41-49-16-6-11-22-61(49)69(50)62-23-12-7-19-55(62)56-38-37-53(44-63(56)69)70(64-24-13-8-18-54(64)48-32-40-68-60(43-48)58-21-10-15-26-67(58)72-68)51-33-35-52(36-34-51)71-65-25-14-9-20-57(65)59-42-47(31-39-66(59)71)46-29-27-45(2)28-30-46/h3-13,15-24,26-27,29-45H,14,25,28H2,1-2H3/b4-3-,17-5-. The van der Waals surface area contributed by atoms with Gasteiger partial charge in [-0.15, -0.1) is 0 Å². The largest absolute Gasteiger partial charge is 0.456 e. The van der Waals surface area contributed by atoms with Gasteiger partial charge in [0.1, 0.15) is 11.2 Å². The molecule has 0 saturated heterocycles. The van der Waals surface area contributed by atoms with Gasteiger partial charge in [0, 0.05) is 50.0 Å². The SMILES string of the molecule is C/C=C\C=C/C1=Cc2ccccc2C12c1ccccc1-c1ccc(N(c3ccc(-n4c5c(c6cc(C7=CCC(C)C=C7)ccc64)C=CCC5)cc3)c3ccccc3-c3ccc4oc5ccccc5c4c3)cc12. The molecule has 2 aromatic heterocycles. The summed E-state index contributed by atoms with van der Waals surface area (Å²) in [6.45, 7) is 4.36. The van der Waals surface area contributed by atoms with Gasteiger partial charge < -0.3 is 13.9 Å². The molecule has 0 amide bonds. The monoisotopic (exact) mass is 924 g/mol. The number of hydrogen-bond acceptors (Lipinski definition) is 2. The summed E-state index contributed by atoms with van der Waals surface area (Å²) < 4.78 is 8.86. The number of rotatable bonds is 8. The Labute approximate surface area is 421 Å². The Balaban J connectivity index is 0.965. The van der Waals surface area contributed by atoms with E-state index >= 15 is 0 Å². The molecule has 0 aliphatic heterocycles. The Bertz CT molecular complexity index is 4050. The highest BCUT2D eigenvalue weighted by atomic mass is 16.3. The maximum absolute atomic E-state index is 6.35. The van der Waals surface area contributed by atoms with Crippen molar-refractivity contribution in [1.29, 1.82) is 0 Å². The number of allylic oxidation sites excluding steroid dienone is 10. The molecule has 14 rings (SSSR count). The minimum absolute atomic E-state index is 0.496. The molecule has 0 radical (unpaired) electrons. The second kappa shape index (κ2) is 16.7. The Morgan fingerprint density at radius 2 is 1.38 bits per heavy atom. The first kappa shape index (κ1) is 42.2. The molecule has 2 heterocycles. The fourth-order valence-corrected chi connectivity index (χ4v) is 12.5. The van der Waals surface area contributed by atoms with Gasteiger partial charge in [0.2, 0.25) is 0 Å². The summed E-state index contributed by atoms with van der Waals surface area (Å²) in [4.78, 5) is 2.48. The van der Waals surface area contributed by atoms with Gasteiger partial charge >= 0.3 is 0 Å². The van der Waals surface area contributed by atoms with E-state index in [2.05, 4.69) is 254 Å². The van der Waals surface area contributed by atoms with E-state index in [0.717, 1.165) is 75.1 Å². The lowest BCUT2D eigenvalue weighted by atomic mass is 9.69. The van der Waals surface area contributed by atoms with Crippen LogP contribution in [0.25, 0.3) is 78.5 Å². The van der Waals surface area contributed by atoms with E-state index in [1.165, 1.54) is 72.3 Å². The van der Waals surface area contributed by atoms with Crippen LogP contribution in [0.5, 0.6) is 0 Å². The van der Waals surface area contributed by atoms with Crippen molar-refractivity contribution in [2.45, 2.75) is 38.5 Å². The Hall–Kier alpha value is -8.66. The average molecular weight is 925 g/mol. The number of benzene rings is 8. The topological polar surface area (TPSA) is 21.3 Å². The number of nitrogens with zero attached hydrogens (tertiary/aromatic N) is 2. The quantitative estimate of drug-likeness (QED) is 0.142. The third kappa shape index (κ3) is 6.43. The molecule has 3 nitrogen and oxygen atoms in total. The maximum atomic E-state index is 6.35. The lowest BCUT2D eigenvalue weighted by Crippen LogP contribution is -2.27. The van der Waals surface area contributed by atoms with Gasteiger partial charge in [-0.2, -0.15) is 0 Å². The van der Waals surface area contributed by atoms with Crippen molar-refractivity contribution in [3.05, 3.63) is 269 Å². The van der Waals surface area contributed by atoms with Crippen molar-refractivity contribution in [3.8, 4) is 27.9 Å². The molecular weight excluding hydrogens is 873 g/mol. The van der Waals surface area contributed by atoms with Gasteiger partial charge in [-0.3, -0.25) is 0 Å². The van der Waals surface area contributed by atoms with Crippen molar-refractivity contribution < 1.29 is 4.42 Å². The zero-order valence-electron chi connectivity index (χ0n) is 40.5. The van der Waals surface area contributed by atoms with E-state index in [9.17, 15) is 0 Å². The average Bonchev–Trinajstić information content (AvgIpc) is 4.16. The number of aromatic nitrogens is 1. The van der Waals surface area contributed by atoms with Gasteiger partial charge in [0.15, 0.2) is 0 Å². The van der Waals surface area contributed by atoms with Crippen molar-refractivity contribution in [3.63, 3.8) is 0 Å². The molecule has 10 aromatic rings. The van der Waals surface area contributed by atoms with E-state index in [1.807, 2.05) is 6.07 Å². The van der Waals surface area contributed by atoms with Crippen LogP contribution in [0.2, 0.25) is 0 Å². The molecule has 72 heavy (non-hydrogen) atoms. The first-order valence-electron chi connectivity index (χ1n) is 25.6. The lowest BCUT2D eigenvalue weighted by Gasteiger charge is -2.33. The van der Waals surface area contributed by atoms with Crippen LogP contribution in [-0.2, 0) is 11.8 Å². The molecule has 344 valence electrons. The zero-order valence-corrected chi connectivity index (χ0v) is 40.5. The number of fused-ring (bicyclic) bond motifs is 13. The smallest absolute Gasteiger partial charge is 0.135 e. The van der Waals surface area contributed by atoms with E-state index in [-0.39, 0.29) is 0 Å². The highest BCUT2D eigenvalue weighted by molar-refractivity contribution is 6.07. The number of para-hydroxylation sites is 2. The summed E-state index contributed by atoms with van der Waals surface area (Å²) in [7, 11) is 0. The van der Waals surface area contributed by atoms with Crippen molar-refractivity contribution in [2.75, 3.05) is 4.90 Å². The van der Waals surface area contributed by atoms with Crippen molar-refractivity contribution in [2.24, 2.45) is 5.92 Å². The highest BCUT2D eigenvalue weighted by Crippen LogP contribution is 2.61. The second-order valence-corrected chi connectivity index (χ2v) is 19.9. The van der Waals surface area contributed by atoms with Crippen molar-refractivity contribution >= 4 is 67.6 Å². The van der Waals surface area contributed by atoms with E-state index in [1.54, 1.807) is 0 Å². The third-order valence-corrected chi connectivity index (χ3v) is 15.8. The van der Waals surface area contributed by atoms with Gasteiger partial charge in [-0.05, 0) is 167 Å². The lowest BCUT2D eigenvalue weighted by molar-refractivity contribution is 0.669. The Morgan fingerprint density at radius 1 is 0.625 bits per heavy atom. The molecular formula is C69H52N2O. The molecule has 0 fully saturated rings. The van der Waals surface area contributed by atoms with Crippen molar-refractivity contribution in [1.82, 2.24) is 4.57 Å². The summed E-state index contributed by atoms with van der Waals surface area (Å²) in [5.74, 6) is 0.579. The van der Waals surface area contributed by atoms with Crippen LogP contribution in [-0.4, -0.2) is 4.57 Å². The van der Waals surface area contributed by atoms with Gasteiger partial charge in [0.25, 0.3) is 0 Å². The summed E-state index contributed by atoms with van der Waals surface area (Å²) in [5, 5.41) is 3.54. The molecule has 4 aliphatic rings. The van der Waals surface area contributed by atoms with E-state index < -0.39 is 5.41 Å². The molecule has 0 saturated carbocycles. The fourth-order valence-electron chi connectivity index (χ4n) is 12.5. The van der Waals surface area contributed by atoms with Gasteiger partial charge in [-0.1, -0.05) is 165 Å². The predicted molar refractivity (Wildman–Crippen MR) is 303 cm³/mol. The van der Waals surface area contributed by atoms with Crippen LogP contribution in [0, 0.1) is 5.92 Å². The minimum Gasteiger partial charge on any atom is -0.456 e. The second-order valence-electron chi connectivity index (χ2n) is 19.9.